The summed E-state index contributed by atoms with van der Waals surface area (Å²) in [6.45, 7) is 3.07. The molecule has 0 aliphatic carbocycles. The van der Waals surface area contributed by atoms with Gasteiger partial charge in [-0.15, -0.1) is 0 Å². The Morgan fingerprint density at radius 1 is 1.11 bits per heavy atom. The van der Waals surface area contributed by atoms with Crippen molar-refractivity contribution in [1.29, 1.82) is 0 Å². The second kappa shape index (κ2) is 4.46. The average Bonchev–Trinajstić information content (AvgIpc) is 2.83. The lowest BCUT2D eigenvalue weighted by atomic mass is 9.94. The molecular formula is C16H17NO. The Bertz CT molecular complexity index is 577. The minimum Gasteiger partial charge on any atom is -0.496 e. The predicted octanol–water partition coefficient (Wildman–Crippen LogP) is 3.20. The quantitative estimate of drug-likeness (QED) is 0.869. The highest BCUT2D eigenvalue weighted by Crippen LogP contribution is 2.38. The summed E-state index contributed by atoms with van der Waals surface area (Å²) in [6, 6.07) is 15.0. The molecule has 2 nitrogen and oxygen atoms in total. The SMILES string of the molecule is COc1cccc2c1C(c1ccccc1C)NC2. The predicted molar refractivity (Wildman–Crippen MR) is 72.9 cm³/mol. The summed E-state index contributed by atoms with van der Waals surface area (Å²) in [5.74, 6) is 0.978. The van der Waals surface area contributed by atoms with Crippen LogP contribution in [-0.4, -0.2) is 7.11 Å². The van der Waals surface area contributed by atoms with Crippen molar-refractivity contribution in [2.24, 2.45) is 0 Å². The van der Waals surface area contributed by atoms with Crippen LogP contribution in [0.1, 0.15) is 28.3 Å². The molecule has 1 aliphatic rings. The van der Waals surface area contributed by atoms with Crippen LogP contribution in [-0.2, 0) is 6.54 Å². The first-order valence-electron chi connectivity index (χ1n) is 6.26. The molecule has 92 valence electrons. The van der Waals surface area contributed by atoms with Crippen LogP contribution < -0.4 is 10.1 Å². The maximum atomic E-state index is 5.51. The third kappa shape index (κ3) is 1.70. The lowest BCUT2D eigenvalue weighted by Gasteiger charge is -2.17. The molecular weight excluding hydrogens is 222 g/mol. The zero-order valence-corrected chi connectivity index (χ0v) is 10.7. The molecule has 2 aromatic carbocycles. The van der Waals surface area contributed by atoms with Gasteiger partial charge in [0.2, 0.25) is 0 Å². The van der Waals surface area contributed by atoms with Crippen LogP contribution in [0.25, 0.3) is 0 Å². The van der Waals surface area contributed by atoms with Crippen LogP contribution >= 0.6 is 0 Å². The van der Waals surface area contributed by atoms with Gasteiger partial charge in [-0.3, -0.25) is 0 Å². The molecule has 1 atom stereocenters. The maximum Gasteiger partial charge on any atom is 0.124 e. The van der Waals surface area contributed by atoms with Crippen molar-refractivity contribution in [3.63, 3.8) is 0 Å². The fourth-order valence-electron chi connectivity index (χ4n) is 2.74. The lowest BCUT2D eigenvalue weighted by molar-refractivity contribution is 0.407. The zero-order valence-electron chi connectivity index (χ0n) is 10.7. The highest BCUT2D eigenvalue weighted by Gasteiger charge is 2.27. The Hall–Kier alpha value is -1.80. The summed E-state index contributed by atoms with van der Waals surface area (Å²) in [4.78, 5) is 0. The molecule has 1 N–H and O–H groups in total. The molecule has 0 saturated heterocycles. The maximum absolute atomic E-state index is 5.51. The Morgan fingerprint density at radius 2 is 1.94 bits per heavy atom. The van der Waals surface area contributed by atoms with Gasteiger partial charge < -0.3 is 10.1 Å². The van der Waals surface area contributed by atoms with Gasteiger partial charge in [0.05, 0.1) is 13.2 Å². The van der Waals surface area contributed by atoms with Crippen LogP contribution in [0.2, 0.25) is 0 Å². The van der Waals surface area contributed by atoms with Crippen molar-refractivity contribution in [3.05, 3.63) is 64.7 Å². The van der Waals surface area contributed by atoms with Crippen molar-refractivity contribution in [3.8, 4) is 5.75 Å². The third-order valence-electron chi connectivity index (χ3n) is 3.66. The van der Waals surface area contributed by atoms with Crippen LogP contribution in [0.15, 0.2) is 42.5 Å². The molecule has 2 heteroatoms. The number of nitrogens with one attached hydrogen (secondary N) is 1. The molecule has 0 amide bonds. The fourth-order valence-corrected chi connectivity index (χ4v) is 2.74. The van der Waals surface area contributed by atoms with Gasteiger partial charge in [-0.05, 0) is 29.7 Å². The monoisotopic (exact) mass is 239 g/mol. The van der Waals surface area contributed by atoms with Gasteiger partial charge in [-0.1, -0.05) is 36.4 Å². The minimum absolute atomic E-state index is 0.248. The van der Waals surface area contributed by atoms with E-state index in [1.165, 1.54) is 22.3 Å². The van der Waals surface area contributed by atoms with E-state index in [0.717, 1.165) is 12.3 Å². The average molecular weight is 239 g/mol. The van der Waals surface area contributed by atoms with Crippen molar-refractivity contribution >= 4 is 0 Å². The van der Waals surface area contributed by atoms with Gasteiger partial charge in [-0.25, -0.2) is 0 Å². The molecule has 0 saturated carbocycles. The largest absolute Gasteiger partial charge is 0.496 e. The number of fused-ring (bicyclic) bond motifs is 1. The fraction of sp³-hybridized carbons (Fsp3) is 0.250. The number of rotatable bonds is 2. The molecule has 0 spiro atoms. The topological polar surface area (TPSA) is 21.3 Å². The second-order valence-corrected chi connectivity index (χ2v) is 4.70. The Balaban J connectivity index is 2.13. The molecule has 0 fully saturated rings. The zero-order chi connectivity index (χ0) is 12.5. The first-order chi connectivity index (χ1) is 8.81. The van der Waals surface area contributed by atoms with Gasteiger partial charge in [0.15, 0.2) is 0 Å². The first-order valence-corrected chi connectivity index (χ1v) is 6.26. The van der Waals surface area contributed by atoms with Gasteiger partial charge in [0.25, 0.3) is 0 Å². The highest BCUT2D eigenvalue weighted by atomic mass is 16.5. The summed E-state index contributed by atoms with van der Waals surface area (Å²) in [5, 5.41) is 3.57. The smallest absolute Gasteiger partial charge is 0.124 e. The van der Waals surface area contributed by atoms with E-state index in [1.807, 2.05) is 6.07 Å². The lowest BCUT2D eigenvalue weighted by Crippen LogP contribution is -2.14. The van der Waals surface area contributed by atoms with Gasteiger partial charge in [-0.2, -0.15) is 0 Å². The van der Waals surface area contributed by atoms with Crippen LogP contribution in [0.5, 0.6) is 5.75 Å². The van der Waals surface area contributed by atoms with Crippen molar-refractivity contribution in [1.82, 2.24) is 5.32 Å². The molecule has 1 heterocycles. The molecule has 3 rings (SSSR count). The summed E-state index contributed by atoms with van der Waals surface area (Å²) < 4.78 is 5.51. The Kier molecular flexibility index (Phi) is 2.80. The molecule has 1 aliphatic heterocycles. The number of benzene rings is 2. The van der Waals surface area contributed by atoms with E-state index in [0.29, 0.717) is 0 Å². The summed E-state index contributed by atoms with van der Waals surface area (Å²) in [6.07, 6.45) is 0. The van der Waals surface area contributed by atoms with E-state index < -0.39 is 0 Å². The van der Waals surface area contributed by atoms with Crippen LogP contribution in [0.3, 0.4) is 0 Å². The van der Waals surface area contributed by atoms with Crippen molar-refractivity contribution in [2.45, 2.75) is 19.5 Å². The number of methoxy groups -OCH3 is 1. The number of aryl methyl sites for hydroxylation is 1. The first kappa shape index (κ1) is 11.3. The molecule has 0 bridgehead atoms. The van der Waals surface area contributed by atoms with E-state index in [4.69, 9.17) is 4.74 Å². The number of hydrogen-bond acceptors (Lipinski definition) is 2. The van der Waals surface area contributed by atoms with E-state index >= 15 is 0 Å². The molecule has 18 heavy (non-hydrogen) atoms. The van der Waals surface area contributed by atoms with E-state index in [1.54, 1.807) is 7.11 Å². The van der Waals surface area contributed by atoms with Gasteiger partial charge >= 0.3 is 0 Å². The normalized spacial score (nSPS) is 17.6. The van der Waals surface area contributed by atoms with Crippen LogP contribution in [0, 0.1) is 6.92 Å². The Labute approximate surface area is 108 Å². The highest BCUT2D eigenvalue weighted by molar-refractivity contribution is 5.50. The summed E-state index contributed by atoms with van der Waals surface area (Å²) in [5.41, 5.74) is 5.27. The Morgan fingerprint density at radius 3 is 2.72 bits per heavy atom. The van der Waals surface area contributed by atoms with Gasteiger partial charge in [0.1, 0.15) is 5.75 Å². The van der Waals surface area contributed by atoms with Crippen molar-refractivity contribution < 1.29 is 4.74 Å². The number of ether oxygens (including phenoxy) is 1. The standard InChI is InChI=1S/C16H17NO/c1-11-6-3-4-8-13(11)16-15-12(10-17-16)7-5-9-14(15)18-2/h3-9,16-17H,10H2,1-2H3. The third-order valence-corrected chi connectivity index (χ3v) is 3.66. The molecule has 1 unspecified atom stereocenters. The minimum atomic E-state index is 0.248. The van der Waals surface area contributed by atoms with E-state index in [-0.39, 0.29) is 6.04 Å². The summed E-state index contributed by atoms with van der Waals surface area (Å²) in [7, 11) is 1.74. The van der Waals surface area contributed by atoms with Crippen molar-refractivity contribution in [2.75, 3.05) is 7.11 Å². The number of hydrogen-bond donors (Lipinski definition) is 1. The molecule has 2 aromatic rings. The molecule has 0 aromatic heterocycles. The summed E-state index contributed by atoms with van der Waals surface area (Å²) >= 11 is 0. The van der Waals surface area contributed by atoms with E-state index in [2.05, 4.69) is 48.6 Å². The van der Waals surface area contributed by atoms with Gasteiger partial charge in [0, 0.05) is 12.1 Å². The molecule has 0 radical (unpaired) electrons. The second-order valence-electron chi connectivity index (χ2n) is 4.70. The van der Waals surface area contributed by atoms with Crippen LogP contribution in [0.4, 0.5) is 0 Å². The van der Waals surface area contributed by atoms with E-state index in [9.17, 15) is 0 Å².